The maximum atomic E-state index is 12.2. The second-order valence-electron chi connectivity index (χ2n) is 5.45. The van der Waals surface area contributed by atoms with Crippen molar-refractivity contribution in [1.29, 1.82) is 0 Å². The Kier molecular flexibility index (Phi) is 2.09. The van der Waals surface area contributed by atoms with E-state index < -0.39 is 12.0 Å². The molecule has 1 saturated heterocycles. The second kappa shape index (κ2) is 3.31. The molecule has 2 aliphatic carbocycles. The average molecular weight is 237 g/mol. The first kappa shape index (κ1) is 10.7. The highest BCUT2D eigenvalue weighted by Gasteiger charge is 2.62. The summed E-state index contributed by atoms with van der Waals surface area (Å²) in [6, 6.07) is -1.03. The van der Waals surface area contributed by atoms with E-state index in [1.165, 1.54) is 6.92 Å². The summed E-state index contributed by atoms with van der Waals surface area (Å²) < 4.78 is 0. The Morgan fingerprint density at radius 1 is 1.24 bits per heavy atom. The minimum atomic E-state index is -1.11. The van der Waals surface area contributed by atoms with Gasteiger partial charge in [-0.2, -0.15) is 0 Å². The fraction of sp³-hybridized carbons (Fsp3) is 0.750. The first-order valence-corrected chi connectivity index (χ1v) is 6.12. The van der Waals surface area contributed by atoms with E-state index in [1.807, 2.05) is 0 Å². The Morgan fingerprint density at radius 3 is 2.12 bits per heavy atom. The molecule has 1 heterocycles. The molecule has 0 aromatic rings. The van der Waals surface area contributed by atoms with E-state index in [1.54, 1.807) is 0 Å². The van der Waals surface area contributed by atoms with Crippen LogP contribution in [-0.2, 0) is 14.4 Å². The van der Waals surface area contributed by atoms with Crippen molar-refractivity contribution in [2.45, 2.75) is 32.2 Å². The molecule has 5 nitrogen and oxygen atoms in total. The van der Waals surface area contributed by atoms with Gasteiger partial charge in [0, 0.05) is 0 Å². The van der Waals surface area contributed by atoms with Gasteiger partial charge in [-0.05, 0) is 38.0 Å². The Hall–Kier alpha value is -1.39. The van der Waals surface area contributed by atoms with Crippen LogP contribution in [0.15, 0.2) is 0 Å². The van der Waals surface area contributed by atoms with Crippen molar-refractivity contribution in [3.63, 3.8) is 0 Å². The van der Waals surface area contributed by atoms with Crippen LogP contribution < -0.4 is 0 Å². The van der Waals surface area contributed by atoms with Crippen LogP contribution in [0.2, 0.25) is 0 Å². The normalized spacial score (nSPS) is 40.9. The summed E-state index contributed by atoms with van der Waals surface area (Å²) in [5.41, 5.74) is 0. The van der Waals surface area contributed by atoms with E-state index in [-0.39, 0.29) is 23.7 Å². The summed E-state index contributed by atoms with van der Waals surface area (Å²) >= 11 is 0. The average Bonchev–Trinajstić information content (AvgIpc) is 2.92. The number of carboxylic acid groups (broad SMARTS) is 1. The number of rotatable bonds is 2. The first-order valence-electron chi connectivity index (χ1n) is 6.12. The summed E-state index contributed by atoms with van der Waals surface area (Å²) in [5.74, 6) is -1.42. The topological polar surface area (TPSA) is 74.7 Å². The van der Waals surface area contributed by atoms with Gasteiger partial charge in [-0.1, -0.05) is 0 Å². The lowest BCUT2D eigenvalue weighted by molar-refractivity contribution is -0.154. The number of hydrogen-bond donors (Lipinski definition) is 1. The fourth-order valence-electron chi connectivity index (χ4n) is 3.92. The number of nitrogens with zero attached hydrogens (tertiary/aromatic N) is 1. The maximum absolute atomic E-state index is 12.2. The SMILES string of the molecule is C[C@@H](C(=O)O)N1C(=O)[C@@H]2[C@H]3CC[C@@H](C3)[C@@H]2C1=O. The number of fused-ring (bicyclic) bond motifs is 5. The minimum absolute atomic E-state index is 0.219. The number of likely N-dealkylation sites (tertiary alicyclic amines) is 1. The fourth-order valence-corrected chi connectivity index (χ4v) is 3.92. The second-order valence-corrected chi connectivity index (χ2v) is 5.45. The number of carboxylic acids is 1. The first-order chi connectivity index (χ1) is 8.02. The molecule has 0 aromatic heterocycles. The van der Waals surface area contributed by atoms with Crippen LogP contribution in [0.3, 0.4) is 0 Å². The molecule has 3 fully saturated rings. The van der Waals surface area contributed by atoms with Gasteiger partial charge in [0.2, 0.25) is 11.8 Å². The molecular weight excluding hydrogens is 222 g/mol. The number of hydrogen-bond acceptors (Lipinski definition) is 3. The molecule has 1 aliphatic heterocycles. The van der Waals surface area contributed by atoms with E-state index in [4.69, 9.17) is 5.11 Å². The van der Waals surface area contributed by atoms with Crippen molar-refractivity contribution in [3.05, 3.63) is 0 Å². The zero-order valence-corrected chi connectivity index (χ0v) is 9.63. The maximum Gasteiger partial charge on any atom is 0.326 e. The van der Waals surface area contributed by atoms with Crippen LogP contribution >= 0.6 is 0 Å². The van der Waals surface area contributed by atoms with Gasteiger partial charge in [0.15, 0.2) is 0 Å². The van der Waals surface area contributed by atoms with Gasteiger partial charge in [-0.15, -0.1) is 0 Å². The lowest BCUT2D eigenvalue weighted by Crippen LogP contribution is -2.44. The van der Waals surface area contributed by atoms with Crippen LogP contribution in [-0.4, -0.2) is 33.8 Å². The van der Waals surface area contributed by atoms with Crippen molar-refractivity contribution in [1.82, 2.24) is 4.90 Å². The number of carbonyl (C=O) groups excluding carboxylic acids is 2. The van der Waals surface area contributed by atoms with Crippen LogP contribution in [0.4, 0.5) is 0 Å². The van der Waals surface area contributed by atoms with Crippen LogP contribution in [0.5, 0.6) is 0 Å². The predicted octanol–water partition coefficient (Wildman–Crippen LogP) is 0.491. The van der Waals surface area contributed by atoms with Gasteiger partial charge in [0.05, 0.1) is 11.8 Å². The summed E-state index contributed by atoms with van der Waals surface area (Å²) in [7, 11) is 0. The lowest BCUT2D eigenvalue weighted by Gasteiger charge is -2.20. The molecule has 2 bridgehead atoms. The summed E-state index contributed by atoms with van der Waals surface area (Å²) in [6.45, 7) is 1.40. The highest BCUT2D eigenvalue weighted by molar-refractivity contribution is 6.08. The molecule has 5 atom stereocenters. The molecule has 1 N–H and O–H groups in total. The molecule has 0 aromatic carbocycles. The van der Waals surface area contributed by atoms with Gasteiger partial charge in [0.25, 0.3) is 0 Å². The Labute approximate surface area is 98.8 Å². The molecule has 0 unspecified atom stereocenters. The minimum Gasteiger partial charge on any atom is -0.480 e. The third-order valence-electron chi connectivity index (χ3n) is 4.71. The van der Waals surface area contributed by atoms with Crippen molar-refractivity contribution in [3.8, 4) is 0 Å². The highest BCUT2D eigenvalue weighted by atomic mass is 16.4. The standard InChI is InChI=1S/C12H15NO4/c1-5(12(16)17)13-10(14)8-6-2-3-7(4-6)9(8)11(13)15/h5-9H,2-4H2,1H3,(H,16,17)/t5-,6-,7-,8-,9+/m0/s1. The van der Waals surface area contributed by atoms with E-state index >= 15 is 0 Å². The Bertz CT molecular complexity index is 391. The largest absolute Gasteiger partial charge is 0.480 e. The Balaban J connectivity index is 1.93. The lowest BCUT2D eigenvalue weighted by atomic mass is 9.81. The van der Waals surface area contributed by atoms with Gasteiger partial charge >= 0.3 is 5.97 Å². The third kappa shape index (κ3) is 1.22. The zero-order valence-electron chi connectivity index (χ0n) is 9.63. The number of amides is 2. The monoisotopic (exact) mass is 237 g/mol. The summed E-state index contributed by atoms with van der Waals surface area (Å²) in [4.78, 5) is 36.3. The van der Waals surface area contributed by atoms with E-state index in [9.17, 15) is 14.4 Å². The zero-order chi connectivity index (χ0) is 12.3. The third-order valence-corrected chi connectivity index (χ3v) is 4.71. The van der Waals surface area contributed by atoms with E-state index in [0.29, 0.717) is 11.8 Å². The molecule has 5 heteroatoms. The molecule has 3 aliphatic rings. The van der Waals surface area contributed by atoms with E-state index in [0.717, 1.165) is 24.2 Å². The van der Waals surface area contributed by atoms with Crippen LogP contribution in [0.25, 0.3) is 0 Å². The summed E-state index contributed by atoms with van der Waals surface area (Å²) in [5, 5.41) is 8.94. The number of imide groups is 1. The molecule has 2 amide bonds. The molecular formula is C12H15NO4. The molecule has 17 heavy (non-hydrogen) atoms. The molecule has 92 valence electrons. The highest BCUT2D eigenvalue weighted by Crippen LogP contribution is 2.56. The van der Waals surface area contributed by atoms with Gasteiger partial charge < -0.3 is 5.11 Å². The Morgan fingerprint density at radius 2 is 1.71 bits per heavy atom. The van der Waals surface area contributed by atoms with Crippen LogP contribution in [0, 0.1) is 23.7 Å². The predicted molar refractivity (Wildman–Crippen MR) is 56.8 cm³/mol. The van der Waals surface area contributed by atoms with Crippen molar-refractivity contribution >= 4 is 17.8 Å². The van der Waals surface area contributed by atoms with Crippen molar-refractivity contribution in [2.24, 2.45) is 23.7 Å². The van der Waals surface area contributed by atoms with Crippen molar-refractivity contribution < 1.29 is 19.5 Å². The van der Waals surface area contributed by atoms with Gasteiger partial charge in [-0.3, -0.25) is 14.5 Å². The number of carbonyl (C=O) groups is 3. The molecule has 3 rings (SSSR count). The van der Waals surface area contributed by atoms with Gasteiger partial charge in [0.1, 0.15) is 6.04 Å². The van der Waals surface area contributed by atoms with Crippen LogP contribution in [0.1, 0.15) is 26.2 Å². The van der Waals surface area contributed by atoms with Crippen molar-refractivity contribution in [2.75, 3.05) is 0 Å². The molecule has 0 spiro atoms. The van der Waals surface area contributed by atoms with E-state index in [2.05, 4.69) is 0 Å². The quantitative estimate of drug-likeness (QED) is 0.709. The summed E-state index contributed by atoms with van der Waals surface area (Å²) in [6.07, 6.45) is 3.00. The smallest absolute Gasteiger partial charge is 0.326 e. The molecule has 2 saturated carbocycles. The number of aliphatic carboxylic acids is 1. The molecule has 0 radical (unpaired) electrons. The van der Waals surface area contributed by atoms with Gasteiger partial charge in [-0.25, -0.2) is 4.79 Å².